The lowest BCUT2D eigenvalue weighted by Crippen LogP contribution is -2.40. The number of para-hydroxylation sites is 1. The fourth-order valence-electron chi connectivity index (χ4n) is 3.14. The van der Waals surface area contributed by atoms with Crippen LogP contribution in [0.2, 0.25) is 0 Å². The summed E-state index contributed by atoms with van der Waals surface area (Å²) >= 11 is 0. The van der Waals surface area contributed by atoms with Gasteiger partial charge in [0, 0.05) is 31.0 Å². The topological polar surface area (TPSA) is 57.8 Å². The van der Waals surface area contributed by atoms with E-state index in [0.29, 0.717) is 6.54 Å². The van der Waals surface area contributed by atoms with E-state index < -0.39 is 0 Å². The number of fused-ring (bicyclic) bond motifs is 1. The van der Waals surface area contributed by atoms with Crippen LogP contribution in [0.25, 0.3) is 5.65 Å². The van der Waals surface area contributed by atoms with Gasteiger partial charge in [0.05, 0.1) is 18.4 Å². The predicted octanol–water partition coefficient (Wildman–Crippen LogP) is 3.18. The van der Waals surface area contributed by atoms with Gasteiger partial charge in [-0.05, 0) is 37.5 Å². The van der Waals surface area contributed by atoms with Crippen molar-refractivity contribution < 1.29 is 0 Å². The maximum absolute atomic E-state index is 4.89. The molecule has 1 aliphatic rings. The summed E-state index contributed by atoms with van der Waals surface area (Å²) < 4.78 is 1.85. The summed E-state index contributed by atoms with van der Waals surface area (Å²) in [5.74, 6) is 0.933. The molecule has 1 aliphatic heterocycles. The molecule has 0 unspecified atom stereocenters. The van der Waals surface area contributed by atoms with Gasteiger partial charge < -0.3 is 10.2 Å². The van der Waals surface area contributed by atoms with Crippen molar-refractivity contribution in [2.45, 2.75) is 25.8 Å². The van der Waals surface area contributed by atoms with Crippen molar-refractivity contribution in [3.63, 3.8) is 0 Å². The van der Waals surface area contributed by atoms with Crippen molar-refractivity contribution in [3.8, 4) is 0 Å². The zero-order valence-electron chi connectivity index (χ0n) is 14.2. The first-order valence-electron chi connectivity index (χ1n) is 8.79. The number of nitrogens with zero attached hydrogens (tertiary/aromatic N) is 5. The lowest BCUT2D eigenvalue weighted by Gasteiger charge is -2.30. The van der Waals surface area contributed by atoms with Gasteiger partial charge in [-0.1, -0.05) is 18.2 Å². The molecule has 1 fully saturated rings. The van der Waals surface area contributed by atoms with Crippen LogP contribution in [0.15, 0.2) is 59.9 Å². The Morgan fingerprint density at radius 2 is 1.84 bits per heavy atom. The molecule has 6 nitrogen and oxygen atoms in total. The molecule has 1 N–H and O–H groups in total. The Morgan fingerprint density at radius 3 is 2.68 bits per heavy atom. The van der Waals surface area contributed by atoms with E-state index in [2.05, 4.69) is 32.4 Å². The maximum Gasteiger partial charge on any atom is 0.198 e. The first-order valence-corrected chi connectivity index (χ1v) is 8.79. The molecule has 0 aliphatic carbocycles. The third-order valence-electron chi connectivity index (χ3n) is 4.44. The molecule has 25 heavy (non-hydrogen) atoms. The summed E-state index contributed by atoms with van der Waals surface area (Å²) in [7, 11) is 0. The molecular formula is C19H22N6. The summed E-state index contributed by atoms with van der Waals surface area (Å²) in [6.45, 7) is 2.66. The Morgan fingerprint density at radius 1 is 1.00 bits per heavy atom. The molecule has 2 aromatic heterocycles. The van der Waals surface area contributed by atoms with E-state index >= 15 is 0 Å². The number of rotatable bonds is 3. The molecule has 1 saturated heterocycles. The first kappa shape index (κ1) is 15.6. The van der Waals surface area contributed by atoms with Gasteiger partial charge in [0.15, 0.2) is 11.6 Å². The van der Waals surface area contributed by atoms with E-state index in [1.54, 1.807) is 6.20 Å². The molecule has 0 saturated carbocycles. The molecule has 6 heteroatoms. The Hall–Kier alpha value is -2.89. The van der Waals surface area contributed by atoms with Crippen LogP contribution >= 0.6 is 0 Å². The Balaban J connectivity index is 1.60. The highest BCUT2D eigenvalue weighted by atomic mass is 15.3. The quantitative estimate of drug-likeness (QED) is 0.590. The number of anilines is 1. The highest BCUT2D eigenvalue weighted by Gasteiger charge is 2.15. The molecular weight excluding hydrogens is 312 g/mol. The molecule has 3 aromatic rings. The summed E-state index contributed by atoms with van der Waals surface area (Å²) in [5.41, 5.74) is 2.94. The summed E-state index contributed by atoms with van der Waals surface area (Å²) in [5, 5.41) is 7.84. The monoisotopic (exact) mass is 334 g/mol. The number of guanidine groups is 1. The second-order valence-electron chi connectivity index (χ2n) is 6.22. The molecule has 0 spiro atoms. The smallest absolute Gasteiger partial charge is 0.198 e. The largest absolute Gasteiger partial charge is 0.343 e. The third-order valence-corrected chi connectivity index (χ3v) is 4.44. The van der Waals surface area contributed by atoms with E-state index in [1.807, 2.05) is 41.0 Å². The third kappa shape index (κ3) is 3.63. The number of aromatic nitrogens is 3. The van der Waals surface area contributed by atoms with Crippen LogP contribution in [-0.4, -0.2) is 38.5 Å². The van der Waals surface area contributed by atoms with Crippen molar-refractivity contribution in [3.05, 3.63) is 60.6 Å². The number of hydrogen-bond acceptors (Lipinski definition) is 3. The lowest BCUT2D eigenvalue weighted by molar-refractivity contribution is 0.340. The zero-order valence-corrected chi connectivity index (χ0v) is 14.2. The second-order valence-corrected chi connectivity index (χ2v) is 6.22. The minimum absolute atomic E-state index is 0.562. The molecule has 1 aromatic carbocycles. The Labute approximate surface area is 147 Å². The lowest BCUT2D eigenvalue weighted by atomic mass is 10.1. The zero-order chi connectivity index (χ0) is 16.9. The fourth-order valence-corrected chi connectivity index (χ4v) is 3.14. The average Bonchev–Trinajstić information content (AvgIpc) is 3.16. The standard InChI is InChI=1S/C19H22N6/c1-3-7-16(8-4-1)23-19(24-13-5-2-6-14-24)21-15-17-9-11-20-18-10-12-22-25(17)18/h1,3-4,7-12H,2,5-6,13-15H2,(H,21,23). The van der Waals surface area contributed by atoms with Gasteiger partial charge in [-0.25, -0.2) is 14.5 Å². The number of piperidine rings is 1. The van der Waals surface area contributed by atoms with Gasteiger partial charge in [0.1, 0.15) is 0 Å². The van der Waals surface area contributed by atoms with Gasteiger partial charge in [0.25, 0.3) is 0 Å². The molecule has 4 rings (SSSR count). The number of aliphatic imine (C=N–C) groups is 1. The van der Waals surface area contributed by atoms with E-state index in [0.717, 1.165) is 36.1 Å². The summed E-state index contributed by atoms with van der Waals surface area (Å²) in [4.78, 5) is 11.5. The van der Waals surface area contributed by atoms with Crippen LogP contribution in [0, 0.1) is 0 Å². The van der Waals surface area contributed by atoms with E-state index in [1.165, 1.54) is 19.3 Å². The van der Waals surface area contributed by atoms with Crippen molar-refractivity contribution in [1.82, 2.24) is 19.5 Å². The predicted molar refractivity (Wildman–Crippen MR) is 99.6 cm³/mol. The number of benzene rings is 1. The molecule has 0 radical (unpaired) electrons. The minimum atomic E-state index is 0.562. The van der Waals surface area contributed by atoms with Crippen LogP contribution in [0.5, 0.6) is 0 Å². The van der Waals surface area contributed by atoms with E-state index in [9.17, 15) is 0 Å². The number of likely N-dealkylation sites (tertiary alicyclic amines) is 1. The minimum Gasteiger partial charge on any atom is -0.343 e. The molecule has 0 bridgehead atoms. The molecule has 0 amide bonds. The van der Waals surface area contributed by atoms with Crippen molar-refractivity contribution in [2.24, 2.45) is 4.99 Å². The summed E-state index contributed by atoms with van der Waals surface area (Å²) in [6, 6.07) is 14.1. The highest BCUT2D eigenvalue weighted by Crippen LogP contribution is 2.13. The van der Waals surface area contributed by atoms with Gasteiger partial charge >= 0.3 is 0 Å². The van der Waals surface area contributed by atoms with Gasteiger partial charge in [-0.2, -0.15) is 5.10 Å². The van der Waals surface area contributed by atoms with Crippen LogP contribution in [0.4, 0.5) is 5.69 Å². The average molecular weight is 334 g/mol. The SMILES string of the molecule is c1ccc(NC(=NCc2ccnc3ccnn23)N2CCCCC2)cc1. The molecule has 0 atom stereocenters. The molecule has 3 heterocycles. The Bertz CT molecular complexity index is 848. The van der Waals surface area contributed by atoms with E-state index in [4.69, 9.17) is 4.99 Å². The van der Waals surface area contributed by atoms with Crippen LogP contribution in [0.1, 0.15) is 25.0 Å². The molecule has 128 valence electrons. The Kier molecular flexibility index (Phi) is 4.59. The van der Waals surface area contributed by atoms with Crippen LogP contribution in [-0.2, 0) is 6.54 Å². The van der Waals surface area contributed by atoms with E-state index in [-0.39, 0.29) is 0 Å². The maximum atomic E-state index is 4.89. The van der Waals surface area contributed by atoms with Crippen molar-refractivity contribution in [2.75, 3.05) is 18.4 Å². The highest BCUT2D eigenvalue weighted by molar-refractivity contribution is 5.93. The van der Waals surface area contributed by atoms with Crippen LogP contribution < -0.4 is 5.32 Å². The number of hydrogen-bond donors (Lipinski definition) is 1. The summed E-state index contributed by atoms with van der Waals surface area (Å²) in [6.07, 6.45) is 7.31. The van der Waals surface area contributed by atoms with Crippen molar-refractivity contribution in [1.29, 1.82) is 0 Å². The normalized spacial score (nSPS) is 15.5. The van der Waals surface area contributed by atoms with Crippen LogP contribution in [0.3, 0.4) is 0 Å². The van der Waals surface area contributed by atoms with Gasteiger partial charge in [-0.15, -0.1) is 0 Å². The number of nitrogens with one attached hydrogen (secondary N) is 1. The first-order chi connectivity index (χ1) is 12.4. The van der Waals surface area contributed by atoms with Gasteiger partial charge in [0.2, 0.25) is 0 Å². The fraction of sp³-hybridized carbons (Fsp3) is 0.316. The second kappa shape index (κ2) is 7.34. The van der Waals surface area contributed by atoms with Gasteiger partial charge in [-0.3, -0.25) is 0 Å². The van der Waals surface area contributed by atoms with Crippen molar-refractivity contribution >= 4 is 17.3 Å².